The second-order valence-corrected chi connectivity index (χ2v) is 0.267. The standard InChI is InChI=1S/C2H5F.CH3B/c1-2-3;1-2/h2H2,1H3;1H3/i;1T. The van der Waals surface area contributed by atoms with Crippen LogP contribution in [0.2, 0.25) is 6.80 Å². The van der Waals surface area contributed by atoms with E-state index in [9.17, 15) is 4.39 Å². The third kappa shape index (κ3) is 620000. The predicted molar refractivity (Wildman–Crippen MR) is 23.3 cm³/mol. The van der Waals surface area contributed by atoms with E-state index in [1.165, 1.54) is 6.92 Å². The summed E-state index contributed by atoms with van der Waals surface area (Å²) < 4.78 is 16.3. The van der Waals surface area contributed by atoms with Crippen molar-refractivity contribution in [2.75, 3.05) is 6.67 Å². The molecule has 0 atom stereocenters. The van der Waals surface area contributed by atoms with Crippen LogP contribution >= 0.6 is 0 Å². The smallest absolute Gasteiger partial charge is 0.0866 e. The Hall–Kier alpha value is -0.00506. The maximum atomic E-state index is 10.3. The Balaban J connectivity index is 0. The lowest BCUT2D eigenvalue weighted by Crippen LogP contribution is -1.40. The Bertz CT molecular complexity index is 12.8. The predicted octanol–water partition coefficient (Wildman–Crippen LogP) is 1.18. The molecule has 0 unspecified atom stereocenters. The summed E-state index contributed by atoms with van der Waals surface area (Å²) in [7, 11) is 4.51. The Morgan fingerprint density at radius 2 is 2.20 bits per heavy atom. The zero-order chi connectivity index (χ0) is 5.41. The first-order valence-electron chi connectivity index (χ1n) is 2.09. The zero-order valence-electron chi connectivity index (χ0n) is 4.37. The molecule has 5 heavy (non-hydrogen) atoms. The van der Waals surface area contributed by atoms with Crippen LogP contribution < -0.4 is 0 Å². The second-order valence-electron chi connectivity index (χ2n) is 0.267. The molecule has 0 aromatic heterocycles. The van der Waals surface area contributed by atoms with Gasteiger partial charge in [0.1, 0.15) is 0 Å². The molecule has 30 valence electrons. The number of hydrogen-bond donors (Lipinski definition) is 0. The Morgan fingerprint density at radius 1 is 2.20 bits per heavy atom. The van der Waals surface area contributed by atoms with E-state index in [1.54, 1.807) is 0 Å². The summed E-state index contributed by atoms with van der Waals surface area (Å²) in [5.74, 6) is 0. The van der Waals surface area contributed by atoms with Crippen molar-refractivity contribution in [3.8, 4) is 0 Å². The van der Waals surface area contributed by atoms with Gasteiger partial charge in [-0.05, 0) is 6.92 Å². The number of halogens is 1. The van der Waals surface area contributed by atoms with E-state index in [0.29, 0.717) is 0 Å². The van der Waals surface area contributed by atoms with Crippen LogP contribution in [0.1, 0.15) is 8.29 Å². The van der Waals surface area contributed by atoms with Crippen LogP contribution in [-0.4, -0.2) is 14.5 Å². The van der Waals surface area contributed by atoms with Gasteiger partial charge in [-0.15, -0.1) is 0 Å². The van der Waals surface area contributed by atoms with E-state index < -0.39 is 0 Å². The first-order chi connectivity index (χ1) is 2.83. The molecule has 0 saturated heterocycles. The monoisotopic (exact) mass is 76.1 g/mol. The normalized spacial score (nSPS) is 7.20. The minimum absolute atomic E-state index is 0. The van der Waals surface area contributed by atoms with Crippen molar-refractivity contribution in [2.24, 2.45) is 0 Å². The van der Waals surface area contributed by atoms with Gasteiger partial charge in [-0.3, -0.25) is 4.39 Å². The summed E-state index contributed by atoms with van der Waals surface area (Å²) in [6, 6.07) is 0. The fourth-order valence-electron chi connectivity index (χ4n) is 0. The van der Waals surface area contributed by atoms with Crippen LogP contribution in [0, 0.1) is 0 Å². The lowest BCUT2D eigenvalue weighted by atomic mass is 10.2. The van der Waals surface area contributed by atoms with Crippen LogP contribution in [0.5, 0.6) is 0 Å². The summed E-state index contributed by atoms with van der Waals surface area (Å²) in [5, 5.41) is 0. The Kier molecular flexibility index (Phi) is 36.2. The average molecular weight is 75.9 g/mol. The fourth-order valence-corrected chi connectivity index (χ4v) is 0. The SMILES string of the molecule is CCF.[3H]C[B]. The van der Waals surface area contributed by atoms with Crippen molar-refractivity contribution >= 4 is 7.85 Å². The molecule has 0 saturated carbocycles. The van der Waals surface area contributed by atoms with Gasteiger partial charge in [-0.2, -0.15) is 0 Å². The first-order valence-corrected chi connectivity index (χ1v) is 1.38. The third-order valence-electron chi connectivity index (χ3n) is 0. The van der Waals surface area contributed by atoms with E-state index >= 15 is 0 Å². The highest BCUT2D eigenvalue weighted by molar-refractivity contribution is 6.05. The van der Waals surface area contributed by atoms with E-state index in [2.05, 4.69) is 7.85 Å². The van der Waals surface area contributed by atoms with Crippen molar-refractivity contribution in [2.45, 2.75) is 13.7 Å². The van der Waals surface area contributed by atoms with Gasteiger partial charge in [0.05, 0.1) is 14.5 Å². The molecule has 0 N–H and O–H groups in total. The molecule has 2 radical (unpaired) electrons. The van der Waals surface area contributed by atoms with Crippen LogP contribution in [0.3, 0.4) is 0 Å². The molecule has 0 nitrogen and oxygen atoms in total. The van der Waals surface area contributed by atoms with E-state index in [0.717, 1.165) is 0 Å². The molecular formula is C3H8BF. The van der Waals surface area contributed by atoms with Gasteiger partial charge in [0.25, 0.3) is 0 Å². The van der Waals surface area contributed by atoms with Gasteiger partial charge in [0, 0.05) is 1.37 Å². The topological polar surface area (TPSA) is 0 Å². The molecule has 0 spiro atoms. The molecule has 2 heteroatoms. The molecule has 0 fully saturated rings. The summed E-state index contributed by atoms with van der Waals surface area (Å²) >= 11 is 0. The summed E-state index contributed by atoms with van der Waals surface area (Å²) in [4.78, 5) is 0. The van der Waals surface area contributed by atoms with Gasteiger partial charge in [0.15, 0.2) is 0 Å². The van der Waals surface area contributed by atoms with E-state index in [1.807, 2.05) is 0 Å². The lowest BCUT2D eigenvalue weighted by Gasteiger charge is -1.45. The minimum atomic E-state index is -0.250. The molecule has 0 bridgehead atoms. The van der Waals surface area contributed by atoms with Crippen LogP contribution in [0.15, 0.2) is 0 Å². The fraction of sp³-hybridized carbons (Fsp3) is 1.00. The Morgan fingerprint density at radius 3 is 2.20 bits per heavy atom. The highest BCUT2D eigenvalue weighted by atomic mass is 19.1. The highest BCUT2D eigenvalue weighted by Crippen LogP contribution is 1.48. The van der Waals surface area contributed by atoms with Crippen molar-refractivity contribution < 1.29 is 5.76 Å². The molecule has 0 rings (SSSR count). The van der Waals surface area contributed by atoms with Gasteiger partial charge in [-0.1, -0.05) is 6.80 Å². The molecule has 0 aliphatic carbocycles. The first kappa shape index (κ1) is 4.99. The highest BCUT2D eigenvalue weighted by Gasteiger charge is 1.39. The summed E-state index contributed by atoms with van der Waals surface area (Å²) in [6.07, 6.45) is 0. The van der Waals surface area contributed by atoms with Crippen molar-refractivity contribution in [1.29, 1.82) is 0 Å². The van der Waals surface area contributed by atoms with Gasteiger partial charge >= 0.3 is 0 Å². The maximum absolute atomic E-state index is 10.3. The third-order valence-corrected chi connectivity index (χ3v) is 0. The lowest BCUT2D eigenvalue weighted by molar-refractivity contribution is 0.527. The van der Waals surface area contributed by atoms with Gasteiger partial charge in [-0.25, -0.2) is 0 Å². The quantitative estimate of drug-likeness (QED) is 0.380. The number of rotatable bonds is 0. The van der Waals surface area contributed by atoms with E-state index in [4.69, 9.17) is 1.37 Å². The molecule has 0 aromatic rings. The molecule has 0 amide bonds. The van der Waals surface area contributed by atoms with Crippen LogP contribution in [0.4, 0.5) is 4.39 Å². The largest absolute Gasteiger partial charge is 0.251 e. The maximum Gasteiger partial charge on any atom is 0.0866 e. The molecule has 0 heterocycles. The number of alkyl halides is 1. The van der Waals surface area contributed by atoms with Gasteiger partial charge in [0.2, 0.25) is 0 Å². The second kappa shape index (κ2) is 36.2. The van der Waals surface area contributed by atoms with Crippen molar-refractivity contribution in [1.82, 2.24) is 0 Å². The minimum Gasteiger partial charge on any atom is -0.251 e. The Labute approximate surface area is 35.2 Å². The zero-order valence-corrected chi connectivity index (χ0v) is 3.37. The van der Waals surface area contributed by atoms with Crippen LogP contribution in [-0.2, 0) is 0 Å². The van der Waals surface area contributed by atoms with Gasteiger partial charge < -0.3 is 0 Å². The molecular weight excluding hydrogens is 65.8 g/mol. The van der Waals surface area contributed by atoms with E-state index in [-0.39, 0.29) is 13.5 Å². The van der Waals surface area contributed by atoms with Crippen molar-refractivity contribution in [3.63, 3.8) is 0 Å². The summed E-state index contributed by atoms with van der Waals surface area (Å²) in [6.45, 7) is 1.21. The van der Waals surface area contributed by atoms with Crippen molar-refractivity contribution in [3.05, 3.63) is 0 Å². The molecule has 0 aliphatic heterocycles. The number of hydrogen-bond acceptors (Lipinski definition) is 0. The summed E-state index contributed by atoms with van der Waals surface area (Å²) in [5.41, 5.74) is 0. The molecule has 0 aromatic carbocycles. The molecule has 0 aliphatic rings. The average Bonchev–Trinajstić information content (AvgIpc) is 1.39. The van der Waals surface area contributed by atoms with Crippen LogP contribution in [0.25, 0.3) is 0 Å².